The van der Waals surface area contributed by atoms with E-state index in [1.54, 1.807) is 19.1 Å². The van der Waals surface area contributed by atoms with Gasteiger partial charge in [0, 0.05) is 30.3 Å². The Labute approximate surface area is 167 Å². The van der Waals surface area contributed by atoms with Crippen LogP contribution in [0.25, 0.3) is 16.6 Å². The molecular weight excluding hydrogens is 373 g/mol. The lowest BCUT2D eigenvalue weighted by Crippen LogP contribution is -2.40. The highest BCUT2D eigenvalue weighted by Gasteiger charge is 2.23. The number of aromatic nitrogens is 3. The van der Waals surface area contributed by atoms with Crippen LogP contribution in [0, 0.1) is 12.7 Å². The molecule has 1 aliphatic rings. The van der Waals surface area contributed by atoms with Crippen LogP contribution in [-0.4, -0.2) is 51.1 Å². The molecular formula is C21H26FN5O2. The largest absolute Gasteiger partial charge is 0.355 e. The number of benzene rings is 1. The molecule has 0 aliphatic carbocycles. The fourth-order valence-electron chi connectivity index (χ4n) is 4.29. The molecule has 8 heteroatoms. The normalized spacial score (nSPS) is 17.4. The van der Waals surface area contributed by atoms with E-state index >= 15 is 0 Å². The number of H-pyrrole nitrogens is 1. The Hall–Kier alpha value is -2.74. The second-order valence-corrected chi connectivity index (χ2v) is 7.64. The fourth-order valence-corrected chi connectivity index (χ4v) is 4.29. The number of aromatic amines is 1. The van der Waals surface area contributed by atoms with Gasteiger partial charge in [0.05, 0.1) is 10.9 Å². The molecule has 3 heterocycles. The molecule has 2 aromatic heterocycles. The average Bonchev–Trinajstić information content (AvgIpc) is 3.31. The number of halogens is 1. The fraction of sp³-hybridized carbons (Fsp3) is 0.476. The number of carbonyl (C=O) groups excluding carboxylic acids is 1. The van der Waals surface area contributed by atoms with Crippen molar-refractivity contribution in [3.63, 3.8) is 0 Å². The molecule has 1 amide bonds. The highest BCUT2D eigenvalue weighted by Crippen LogP contribution is 2.21. The second kappa shape index (κ2) is 7.94. The summed E-state index contributed by atoms with van der Waals surface area (Å²) in [6.45, 7) is 6.58. The van der Waals surface area contributed by atoms with Gasteiger partial charge in [0.25, 0.3) is 5.56 Å². The van der Waals surface area contributed by atoms with Gasteiger partial charge in [-0.3, -0.25) is 19.6 Å². The summed E-state index contributed by atoms with van der Waals surface area (Å²) in [7, 11) is 0. The Morgan fingerprint density at radius 3 is 3.03 bits per heavy atom. The predicted octanol–water partition coefficient (Wildman–Crippen LogP) is 2.16. The quantitative estimate of drug-likeness (QED) is 0.666. The van der Waals surface area contributed by atoms with Gasteiger partial charge in [0.15, 0.2) is 5.65 Å². The molecule has 0 spiro atoms. The van der Waals surface area contributed by atoms with Crippen LogP contribution in [0.15, 0.2) is 23.0 Å². The molecule has 1 fully saturated rings. The molecule has 7 nitrogen and oxygen atoms in total. The van der Waals surface area contributed by atoms with Crippen LogP contribution >= 0.6 is 0 Å². The smallest absolute Gasteiger partial charge is 0.276 e. The maximum atomic E-state index is 14.2. The van der Waals surface area contributed by atoms with Crippen molar-refractivity contribution in [3.05, 3.63) is 45.6 Å². The van der Waals surface area contributed by atoms with Crippen LogP contribution in [0.2, 0.25) is 0 Å². The molecule has 1 saturated heterocycles. The highest BCUT2D eigenvalue weighted by molar-refractivity contribution is 5.92. The summed E-state index contributed by atoms with van der Waals surface area (Å²) in [6.07, 6.45) is 2.79. The van der Waals surface area contributed by atoms with E-state index in [9.17, 15) is 14.0 Å². The molecule has 4 rings (SSSR count). The van der Waals surface area contributed by atoms with Gasteiger partial charge in [-0.2, -0.15) is 0 Å². The first-order chi connectivity index (χ1) is 14.0. The van der Waals surface area contributed by atoms with Crippen molar-refractivity contribution < 1.29 is 9.18 Å². The Balaban J connectivity index is 1.49. The van der Waals surface area contributed by atoms with Crippen molar-refractivity contribution in [2.24, 2.45) is 0 Å². The lowest BCUT2D eigenvalue weighted by Gasteiger charge is -2.22. The van der Waals surface area contributed by atoms with Crippen LogP contribution in [0.5, 0.6) is 0 Å². The average molecular weight is 399 g/mol. The minimum Gasteiger partial charge on any atom is -0.355 e. The number of fused-ring (bicyclic) bond motifs is 3. The molecule has 1 aromatic carbocycles. The van der Waals surface area contributed by atoms with Crippen molar-refractivity contribution in [2.75, 3.05) is 19.6 Å². The zero-order valence-electron chi connectivity index (χ0n) is 16.8. The molecule has 0 radical (unpaired) electrons. The number of carbonyl (C=O) groups is 1. The van der Waals surface area contributed by atoms with E-state index < -0.39 is 5.82 Å². The second-order valence-electron chi connectivity index (χ2n) is 7.64. The number of likely N-dealkylation sites (N-methyl/N-ethyl adjacent to an activating group) is 1. The SMILES string of the molecule is CCN1CCCC1CNC(=O)CCc1c(C)nc2c3c(F)cccc3[nH]n2c1=O. The summed E-state index contributed by atoms with van der Waals surface area (Å²) in [5.74, 6) is -0.493. The molecule has 3 aromatic rings. The maximum Gasteiger partial charge on any atom is 0.276 e. The Kier molecular flexibility index (Phi) is 5.36. The van der Waals surface area contributed by atoms with Gasteiger partial charge >= 0.3 is 0 Å². The summed E-state index contributed by atoms with van der Waals surface area (Å²) in [5.41, 5.74) is 1.50. The number of nitrogens with one attached hydrogen (secondary N) is 2. The van der Waals surface area contributed by atoms with Crippen LogP contribution in [0.3, 0.4) is 0 Å². The third-order valence-corrected chi connectivity index (χ3v) is 5.90. The first kappa shape index (κ1) is 19.6. The van der Waals surface area contributed by atoms with Crippen LogP contribution in [-0.2, 0) is 11.2 Å². The number of hydrogen-bond acceptors (Lipinski definition) is 4. The Morgan fingerprint density at radius 2 is 2.24 bits per heavy atom. The molecule has 0 bridgehead atoms. The molecule has 0 saturated carbocycles. The van der Waals surface area contributed by atoms with Gasteiger partial charge in [0.1, 0.15) is 5.82 Å². The zero-order valence-corrected chi connectivity index (χ0v) is 16.8. The monoisotopic (exact) mass is 399 g/mol. The van der Waals surface area contributed by atoms with Gasteiger partial charge in [-0.15, -0.1) is 0 Å². The van der Waals surface area contributed by atoms with Gasteiger partial charge in [-0.05, 0) is 51.4 Å². The molecule has 154 valence electrons. The van der Waals surface area contributed by atoms with E-state index in [1.165, 1.54) is 17.0 Å². The minimum absolute atomic E-state index is 0.0699. The Morgan fingerprint density at radius 1 is 1.41 bits per heavy atom. The van der Waals surface area contributed by atoms with E-state index in [0.29, 0.717) is 41.2 Å². The first-order valence-corrected chi connectivity index (χ1v) is 10.2. The summed E-state index contributed by atoms with van der Waals surface area (Å²) in [4.78, 5) is 32.1. The third-order valence-electron chi connectivity index (χ3n) is 5.90. The van der Waals surface area contributed by atoms with Crippen LogP contribution in [0.1, 0.15) is 37.4 Å². The summed E-state index contributed by atoms with van der Waals surface area (Å²) in [6, 6.07) is 5.04. The third kappa shape index (κ3) is 3.64. The summed E-state index contributed by atoms with van der Waals surface area (Å²) < 4.78 is 15.5. The van der Waals surface area contributed by atoms with Gasteiger partial charge in [-0.1, -0.05) is 13.0 Å². The molecule has 1 atom stereocenters. The van der Waals surface area contributed by atoms with Crippen molar-refractivity contribution >= 4 is 22.5 Å². The van der Waals surface area contributed by atoms with E-state index in [4.69, 9.17) is 0 Å². The number of amides is 1. The number of likely N-dealkylation sites (tertiary alicyclic amines) is 1. The van der Waals surface area contributed by atoms with Gasteiger partial charge < -0.3 is 5.32 Å². The van der Waals surface area contributed by atoms with Crippen molar-refractivity contribution in [1.82, 2.24) is 24.8 Å². The number of nitrogens with zero attached hydrogens (tertiary/aromatic N) is 3. The van der Waals surface area contributed by atoms with Crippen LogP contribution in [0.4, 0.5) is 4.39 Å². The lowest BCUT2D eigenvalue weighted by atomic mass is 10.1. The summed E-state index contributed by atoms with van der Waals surface area (Å²) >= 11 is 0. The topological polar surface area (TPSA) is 82.5 Å². The number of hydrogen-bond donors (Lipinski definition) is 2. The van der Waals surface area contributed by atoms with E-state index in [0.717, 1.165) is 19.5 Å². The van der Waals surface area contributed by atoms with Gasteiger partial charge in [-0.25, -0.2) is 13.9 Å². The lowest BCUT2D eigenvalue weighted by molar-refractivity contribution is -0.121. The van der Waals surface area contributed by atoms with E-state index in [1.807, 2.05) is 0 Å². The van der Waals surface area contributed by atoms with E-state index in [2.05, 4.69) is 27.2 Å². The predicted molar refractivity (Wildman–Crippen MR) is 110 cm³/mol. The van der Waals surface area contributed by atoms with Crippen molar-refractivity contribution in [1.29, 1.82) is 0 Å². The molecule has 1 unspecified atom stereocenters. The number of rotatable bonds is 6. The first-order valence-electron chi connectivity index (χ1n) is 10.2. The zero-order chi connectivity index (χ0) is 20.5. The summed E-state index contributed by atoms with van der Waals surface area (Å²) in [5, 5.41) is 6.21. The van der Waals surface area contributed by atoms with Crippen molar-refractivity contribution in [2.45, 2.75) is 45.6 Å². The molecule has 29 heavy (non-hydrogen) atoms. The molecule has 2 N–H and O–H groups in total. The maximum absolute atomic E-state index is 14.2. The highest BCUT2D eigenvalue weighted by atomic mass is 19.1. The minimum atomic E-state index is -0.423. The van der Waals surface area contributed by atoms with Crippen molar-refractivity contribution in [3.8, 4) is 0 Å². The van der Waals surface area contributed by atoms with E-state index in [-0.39, 0.29) is 23.5 Å². The van der Waals surface area contributed by atoms with Gasteiger partial charge in [0.2, 0.25) is 5.91 Å². The number of aryl methyl sites for hydroxylation is 1. The Bertz CT molecular complexity index is 1120. The molecule has 1 aliphatic heterocycles. The van der Waals surface area contributed by atoms with Crippen LogP contribution < -0.4 is 10.9 Å². The standard InChI is InChI=1S/C21H26FN5O2/c1-3-26-11-5-6-14(26)12-23-18(28)10-9-15-13(2)24-20-19-16(22)7-4-8-17(19)25-27(20)21(15)29/h4,7-8,14,25H,3,5-6,9-12H2,1-2H3,(H,23,28).